The maximum atomic E-state index is 5.73. The van der Waals surface area contributed by atoms with E-state index in [2.05, 4.69) is 15.4 Å². The lowest BCUT2D eigenvalue weighted by Gasteiger charge is -2.11. The van der Waals surface area contributed by atoms with Crippen LogP contribution >= 0.6 is 0 Å². The Labute approximate surface area is 157 Å². The Balaban J connectivity index is 1.58. The number of nitrogens with zero attached hydrogens (tertiary/aromatic N) is 3. The van der Waals surface area contributed by atoms with Gasteiger partial charge in [0.1, 0.15) is 11.5 Å². The number of rotatable bonds is 8. The maximum Gasteiger partial charge on any atom is 0.257 e. The molecule has 0 bridgehead atoms. The van der Waals surface area contributed by atoms with Gasteiger partial charge in [0.15, 0.2) is 6.61 Å². The molecule has 1 aromatic heterocycles. The van der Waals surface area contributed by atoms with Gasteiger partial charge < -0.3 is 18.7 Å². The van der Waals surface area contributed by atoms with E-state index in [0.29, 0.717) is 11.8 Å². The summed E-state index contributed by atoms with van der Waals surface area (Å²) in [6.07, 6.45) is 1.67. The summed E-state index contributed by atoms with van der Waals surface area (Å²) in [4.78, 5) is 5.27. The second-order valence-corrected chi connectivity index (χ2v) is 5.94. The standard InChI is InChI=1S/C20H21N3O4/c1-14(2)26-18-7-5-4-6-16(18)12-21-25-13-19-22-23-20(27-19)15-8-10-17(24-3)11-9-15/h4-12,14H,13H2,1-3H3/b21-12+. The zero-order chi connectivity index (χ0) is 19.1. The Morgan fingerprint density at radius 3 is 2.59 bits per heavy atom. The second kappa shape index (κ2) is 8.84. The van der Waals surface area contributed by atoms with Crippen molar-refractivity contribution in [2.24, 2.45) is 5.16 Å². The molecule has 140 valence electrons. The molecular formula is C20H21N3O4. The Bertz CT molecular complexity index is 888. The van der Waals surface area contributed by atoms with Gasteiger partial charge >= 0.3 is 0 Å². The number of hydrogen-bond acceptors (Lipinski definition) is 7. The summed E-state index contributed by atoms with van der Waals surface area (Å²) < 4.78 is 16.4. The third-order valence-corrected chi connectivity index (χ3v) is 3.54. The highest BCUT2D eigenvalue weighted by Crippen LogP contribution is 2.21. The van der Waals surface area contributed by atoms with Crippen LogP contribution in [-0.2, 0) is 11.4 Å². The van der Waals surface area contributed by atoms with E-state index < -0.39 is 0 Å². The van der Waals surface area contributed by atoms with Gasteiger partial charge in [-0.3, -0.25) is 0 Å². The zero-order valence-corrected chi connectivity index (χ0v) is 15.5. The van der Waals surface area contributed by atoms with Crippen LogP contribution in [0.5, 0.6) is 11.5 Å². The lowest BCUT2D eigenvalue weighted by molar-refractivity contribution is 0.112. The number of para-hydroxylation sites is 1. The van der Waals surface area contributed by atoms with Gasteiger partial charge in [-0.05, 0) is 50.2 Å². The highest BCUT2D eigenvalue weighted by atomic mass is 16.6. The summed E-state index contributed by atoms with van der Waals surface area (Å²) in [5, 5.41) is 11.9. The molecule has 0 N–H and O–H groups in total. The van der Waals surface area contributed by atoms with Gasteiger partial charge in [-0.25, -0.2) is 0 Å². The van der Waals surface area contributed by atoms with Crippen molar-refractivity contribution in [1.29, 1.82) is 0 Å². The molecule has 0 aliphatic carbocycles. The lowest BCUT2D eigenvalue weighted by atomic mass is 10.2. The fourth-order valence-electron chi connectivity index (χ4n) is 2.30. The SMILES string of the molecule is COc1ccc(-c2nnc(CO/N=C/c3ccccc3OC(C)C)o2)cc1. The maximum absolute atomic E-state index is 5.73. The van der Waals surface area contributed by atoms with Crippen LogP contribution in [0.3, 0.4) is 0 Å². The minimum Gasteiger partial charge on any atom is -0.497 e. The van der Waals surface area contributed by atoms with E-state index in [9.17, 15) is 0 Å². The van der Waals surface area contributed by atoms with Crippen LogP contribution in [0.1, 0.15) is 25.3 Å². The molecule has 0 saturated carbocycles. The van der Waals surface area contributed by atoms with E-state index in [1.807, 2.05) is 62.4 Å². The van der Waals surface area contributed by atoms with Crippen LogP contribution in [0.15, 0.2) is 58.1 Å². The molecule has 0 fully saturated rings. The number of oxime groups is 1. The highest BCUT2D eigenvalue weighted by molar-refractivity contribution is 5.83. The molecule has 27 heavy (non-hydrogen) atoms. The third-order valence-electron chi connectivity index (χ3n) is 3.54. The van der Waals surface area contributed by atoms with Gasteiger partial charge in [0, 0.05) is 11.1 Å². The van der Waals surface area contributed by atoms with E-state index in [1.165, 1.54) is 0 Å². The molecular weight excluding hydrogens is 346 g/mol. The number of methoxy groups -OCH3 is 1. The highest BCUT2D eigenvalue weighted by Gasteiger charge is 2.09. The largest absolute Gasteiger partial charge is 0.497 e. The van der Waals surface area contributed by atoms with Crippen molar-refractivity contribution in [2.75, 3.05) is 7.11 Å². The van der Waals surface area contributed by atoms with Crippen LogP contribution in [0.2, 0.25) is 0 Å². The molecule has 0 spiro atoms. The average Bonchev–Trinajstić information content (AvgIpc) is 3.15. The number of benzene rings is 2. The van der Waals surface area contributed by atoms with Crippen molar-refractivity contribution >= 4 is 6.21 Å². The monoisotopic (exact) mass is 367 g/mol. The second-order valence-electron chi connectivity index (χ2n) is 5.94. The lowest BCUT2D eigenvalue weighted by Crippen LogP contribution is -2.07. The van der Waals surface area contributed by atoms with Crippen molar-refractivity contribution in [3.63, 3.8) is 0 Å². The molecule has 0 atom stereocenters. The molecule has 0 amide bonds. The molecule has 7 heteroatoms. The number of ether oxygens (including phenoxy) is 2. The third kappa shape index (κ3) is 5.07. The molecule has 0 saturated heterocycles. The van der Waals surface area contributed by atoms with Crippen LogP contribution in [0.4, 0.5) is 0 Å². The Morgan fingerprint density at radius 2 is 1.85 bits per heavy atom. The van der Waals surface area contributed by atoms with Gasteiger partial charge in [-0.2, -0.15) is 0 Å². The van der Waals surface area contributed by atoms with Gasteiger partial charge in [0.2, 0.25) is 5.89 Å². The topological polar surface area (TPSA) is 79.0 Å². The summed E-state index contributed by atoms with van der Waals surface area (Å²) in [5.41, 5.74) is 1.63. The molecule has 2 aromatic carbocycles. The Hall–Kier alpha value is -3.35. The van der Waals surface area contributed by atoms with Crippen LogP contribution < -0.4 is 9.47 Å². The molecule has 3 rings (SSSR count). The van der Waals surface area contributed by atoms with Gasteiger partial charge in [-0.15, -0.1) is 10.2 Å². The molecule has 3 aromatic rings. The van der Waals surface area contributed by atoms with Crippen LogP contribution in [-0.4, -0.2) is 29.6 Å². The molecule has 0 unspecified atom stereocenters. The summed E-state index contributed by atoms with van der Waals surface area (Å²) >= 11 is 0. The normalized spacial score (nSPS) is 11.1. The summed E-state index contributed by atoms with van der Waals surface area (Å²) in [6, 6.07) is 15.0. The molecule has 0 aliphatic rings. The molecule has 7 nitrogen and oxygen atoms in total. The van der Waals surface area contributed by atoms with Crippen molar-refractivity contribution < 1.29 is 18.7 Å². The number of aromatic nitrogens is 2. The van der Waals surface area contributed by atoms with Crippen LogP contribution in [0, 0.1) is 0 Å². The average molecular weight is 367 g/mol. The fourth-order valence-corrected chi connectivity index (χ4v) is 2.30. The van der Waals surface area contributed by atoms with Crippen molar-refractivity contribution in [1.82, 2.24) is 10.2 Å². The van der Waals surface area contributed by atoms with Gasteiger partial charge in [0.25, 0.3) is 5.89 Å². The molecule has 0 aliphatic heterocycles. The molecule has 1 heterocycles. The van der Waals surface area contributed by atoms with E-state index in [0.717, 1.165) is 22.6 Å². The first kappa shape index (κ1) is 18.4. The fraction of sp³-hybridized carbons (Fsp3) is 0.250. The van der Waals surface area contributed by atoms with Gasteiger partial charge in [-0.1, -0.05) is 17.3 Å². The van der Waals surface area contributed by atoms with E-state index in [1.54, 1.807) is 13.3 Å². The first-order valence-corrected chi connectivity index (χ1v) is 8.53. The molecule has 0 radical (unpaired) electrons. The van der Waals surface area contributed by atoms with E-state index >= 15 is 0 Å². The summed E-state index contributed by atoms with van der Waals surface area (Å²) in [7, 11) is 1.62. The van der Waals surface area contributed by atoms with Gasteiger partial charge in [0.05, 0.1) is 19.4 Å². The van der Waals surface area contributed by atoms with Crippen molar-refractivity contribution in [3.05, 3.63) is 60.0 Å². The minimum atomic E-state index is 0.0762. The first-order chi connectivity index (χ1) is 13.2. The van der Waals surface area contributed by atoms with Crippen molar-refractivity contribution in [3.8, 4) is 23.0 Å². The Kier molecular flexibility index (Phi) is 6.04. The predicted octanol–water partition coefficient (Wildman–Crippen LogP) is 4.08. The summed E-state index contributed by atoms with van der Waals surface area (Å²) in [5.74, 6) is 2.26. The van der Waals surface area contributed by atoms with E-state index in [-0.39, 0.29) is 12.7 Å². The van der Waals surface area contributed by atoms with Crippen molar-refractivity contribution in [2.45, 2.75) is 26.6 Å². The smallest absolute Gasteiger partial charge is 0.257 e. The Morgan fingerprint density at radius 1 is 1.07 bits per heavy atom. The minimum absolute atomic E-state index is 0.0762. The van der Waals surface area contributed by atoms with E-state index in [4.69, 9.17) is 18.7 Å². The quantitative estimate of drug-likeness (QED) is 0.441. The predicted molar refractivity (Wildman–Crippen MR) is 101 cm³/mol. The number of hydrogen-bond donors (Lipinski definition) is 0. The summed E-state index contributed by atoms with van der Waals surface area (Å²) in [6.45, 7) is 4.02. The first-order valence-electron chi connectivity index (χ1n) is 8.53. The van der Waals surface area contributed by atoms with Crippen LogP contribution in [0.25, 0.3) is 11.5 Å². The zero-order valence-electron chi connectivity index (χ0n) is 15.5.